The maximum Gasteiger partial charge on any atom is 0.439 e. The topological polar surface area (TPSA) is 249 Å². The zero-order chi connectivity index (χ0) is 43.4. The maximum atomic E-state index is 10.7. The van der Waals surface area contributed by atoms with Crippen molar-refractivity contribution < 1.29 is 153 Å². The Morgan fingerprint density at radius 1 is 0.389 bits per heavy atom. The van der Waals surface area contributed by atoms with E-state index < -0.39 is 49.9 Å². The van der Waals surface area contributed by atoms with Gasteiger partial charge in [0, 0.05) is 61.1 Å². The molecule has 338 valence electrons. The van der Waals surface area contributed by atoms with Crippen molar-refractivity contribution in [2.45, 2.75) is 165 Å². The van der Waals surface area contributed by atoms with E-state index in [1.165, 1.54) is 10.1 Å². The molecule has 2 heterocycles. The van der Waals surface area contributed by atoms with Crippen molar-refractivity contribution in [3.05, 3.63) is 0 Å². The second kappa shape index (κ2) is 24.7. The molecule has 0 aromatic carbocycles. The van der Waals surface area contributed by atoms with Crippen LogP contribution in [0.4, 0.5) is 52.7 Å². The molecule has 0 saturated carbocycles. The smallest absolute Gasteiger partial charge is 0.393 e. The van der Waals surface area contributed by atoms with Crippen molar-refractivity contribution in [2.75, 3.05) is 0 Å². The summed E-state index contributed by atoms with van der Waals surface area (Å²) < 4.78 is 128. The molecule has 2 aliphatic rings. The van der Waals surface area contributed by atoms with Gasteiger partial charge in [-0.3, -0.25) is 0 Å². The van der Waals surface area contributed by atoms with Crippen LogP contribution in [0, 0.1) is 0 Å². The van der Waals surface area contributed by atoms with Gasteiger partial charge < -0.3 is 61.5 Å². The van der Waals surface area contributed by atoms with Crippen molar-refractivity contribution in [1.29, 1.82) is 0 Å². The first kappa shape index (κ1) is 65.7. The summed E-state index contributed by atoms with van der Waals surface area (Å²) in [5, 5.41) is 100. The molecule has 0 spiro atoms. The first-order chi connectivity index (χ1) is 22.3. The minimum atomic E-state index is -4.89. The average Bonchev–Trinajstić information content (AvgIpc) is 2.84. The van der Waals surface area contributed by atoms with Gasteiger partial charge in [-0.25, -0.2) is 0 Å². The molecule has 2 fully saturated rings. The first-order valence-corrected chi connectivity index (χ1v) is 14.3. The molecule has 0 amide bonds. The standard InChI is InChI=1S/2C9H19NO2.4C2H3F3O2.2Rh/c2*1-8(2)5-7(11)6-9(3,4)10(8)12;4*3-2(4,5)1(6)7;;/h2*7,11-12H,5-6H2,1-4H3;4*1,6-7H;;. The average molecular weight is 1020 g/mol. The van der Waals surface area contributed by atoms with Gasteiger partial charge in [-0.1, -0.05) is 0 Å². The Morgan fingerprint density at radius 2 is 0.481 bits per heavy atom. The number of halogens is 12. The van der Waals surface area contributed by atoms with Crippen molar-refractivity contribution in [1.82, 2.24) is 10.1 Å². The molecule has 14 nitrogen and oxygen atoms in total. The normalized spacial score (nSPS) is 20.2. The zero-order valence-corrected chi connectivity index (χ0v) is 33.0. The Hall–Kier alpha value is -0.153. The van der Waals surface area contributed by atoms with Gasteiger partial charge in [0.15, 0.2) is 0 Å². The molecule has 54 heavy (non-hydrogen) atoms. The Bertz CT molecular complexity index is 838. The van der Waals surface area contributed by atoms with Crippen LogP contribution in [0.3, 0.4) is 0 Å². The molecule has 12 N–H and O–H groups in total. The Kier molecular flexibility index (Phi) is 30.0. The predicted octanol–water partition coefficient (Wildman–Crippen LogP) is 2.21. The number of rotatable bonds is 0. The van der Waals surface area contributed by atoms with Crippen LogP contribution in [0.1, 0.15) is 81.1 Å². The van der Waals surface area contributed by atoms with E-state index in [1.54, 1.807) is 0 Å². The van der Waals surface area contributed by atoms with Crippen LogP contribution in [0.15, 0.2) is 0 Å². The molecule has 0 unspecified atom stereocenters. The van der Waals surface area contributed by atoms with Gasteiger partial charge in [-0.2, -0.15) is 62.8 Å². The summed E-state index contributed by atoms with van der Waals surface area (Å²) in [6.45, 7) is 15.5. The van der Waals surface area contributed by atoms with E-state index in [1.807, 2.05) is 55.4 Å². The van der Waals surface area contributed by atoms with Gasteiger partial charge >= 0.3 is 24.7 Å². The molecular formula is C26H50F12N2O12Rh2. The van der Waals surface area contributed by atoms with Gasteiger partial charge in [0.05, 0.1) is 12.2 Å². The maximum absolute atomic E-state index is 10.7. The van der Waals surface area contributed by atoms with E-state index in [0.717, 1.165) is 0 Å². The second-order valence-electron chi connectivity index (χ2n) is 13.7. The summed E-state index contributed by atoms with van der Waals surface area (Å²) in [5.41, 5.74) is -1.27. The zero-order valence-electron chi connectivity index (χ0n) is 29.8. The molecule has 28 heteroatoms. The van der Waals surface area contributed by atoms with E-state index in [9.17, 15) is 73.3 Å². The number of aliphatic hydroxyl groups is 10. The number of hydroxylamine groups is 4. The number of alkyl halides is 12. The molecule has 2 aliphatic heterocycles. The van der Waals surface area contributed by atoms with Crippen molar-refractivity contribution >= 4 is 0 Å². The molecule has 0 aromatic heterocycles. The van der Waals surface area contributed by atoms with Crippen LogP contribution >= 0.6 is 0 Å². The third-order valence-corrected chi connectivity index (χ3v) is 6.41. The fraction of sp³-hybridized carbons (Fsp3) is 1.00. The third kappa shape index (κ3) is 29.1. The van der Waals surface area contributed by atoms with Gasteiger partial charge in [-0.15, -0.1) is 0 Å². The number of piperidine rings is 2. The van der Waals surface area contributed by atoms with E-state index in [0.29, 0.717) is 25.7 Å². The predicted molar refractivity (Wildman–Crippen MR) is 151 cm³/mol. The summed E-state index contributed by atoms with van der Waals surface area (Å²) in [6.07, 6.45) is -30.4. The molecule has 2 radical (unpaired) electrons. The molecule has 2 saturated heterocycles. The summed E-state index contributed by atoms with van der Waals surface area (Å²) in [4.78, 5) is 0. The van der Waals surface area contributed by atoms with Crippen LogP contribution in [0.25, 0.3) is 0 Å². The van der Waals surface area contributed by atoms with Crippen molar-refractivity contribution in [2.24, 2.45) is 0 Å². The first-order valence-electron chi connectivity index (χ1n) is 14.3. The van der Waals surface area contributed by atoms with Crippen LogP contribution < -0.4 is 0 Å². The number of hydrogen-bond acceptors (Lipinski definition) is 14. The number of hydrogen-bond donors (Lipinski definition) is 12. The van der Waals surface area contributed by atoms with Gasteiger partial charge in [0.25, 0.3) is 25.2 Å². The number of aliphatic hydroxyl groups excluding tert-OH is 6. The monoisotopic (exact) mass is 1020 g/mol. The summed E-state index contributed by atoms with van der Waals surface area (Å²) in [6, 6.07) is 0. The van der Waals surface area contributed by atoms with Gasteiger partial charge in [0.2, 0.25) is 0 Å². The summed E-state index contributed by atoms with van der Waals surface area (Å²) in [7, 11) is 0. The molecule has 0 atom stereocenters. The SMILES string of the molecule is CC1(C)CC(O)CC(C)(C)N1O.CC1(C)CC(O)CC(C)(C)N1O.OC(O)C(F)(F)F.OC(O)C(F)(F)F.OC(O)C(F)(F)F.OC(O)C(F)(F)F.[Rh].[Rh]. The Labute approximate surface area is 328 Å². The Balaban J connectivity index is -0.000000130. The second-order valence-corrected chi connectivity index (χ2v) is 13.7. The van der Waals surface area contributed by atoms with Crippen molar-refractivity contribution in [3.63, 3.8) is 0 Å². The molecular weight excluding hydrogens is 966 g/mol. The van der Waals surface area contributed by atoms with E-state index in [4.69, 9.17) is 40.9 Å². The van der Waals surface area contributed by atoms with Crippen LogP contribution in [-0.2, 0) is 39.0 Å². The summed E-state index contributed by atoms with van der Waals surface area (Å²) >= 11 is 0. The van der Waals surface area contributed by atoms with Crippen LogP contribution in [0.2, 0.25) is 0 Å². The molecule has 0 aromatic rings. The van der Waals surface area contributed by atoms with Gasteiger partial charge in [-0.05, 0) is 81.1 Å². The molecule has 2 rings (SSSR count). The van der Waals surface area contributed by atoms with E-state index in [2.05, 4.69) is 0 Å². The van der Waals surface area contributed by atoms with Gasteiger partial charge in [0.1, 0.15) is 0 Å². The minimum absolute atomic E-state index is 0. The largest absolute Gasteiger partial charge is 0.439 e. The van der Waals surface area contributed by atoms with Crippen LogP contribution in [-0.4, -0.2) is 156 Å². The Morgan fingerprint density at radius 3 is 0.556 bits per heavy atom. The minimum Gasteiger partial charge on any atom is -0.393 e. The van der Waals surface area contributed by atoms with E-state index in [-0.39, 0.29) is 73.3 Å². The van der Waals surface area contributed by atoms with Crippen LogP contribution in [0.5, 0.6) is 0 Å². The molecule has 0 aliphatic carbocycles. The van der Waals surface area contributed by atoms with E-state index >= 15 is 0 Å². The quantitative estimate of drug-likeness (QED) is 0.0946. The fourth-order valence-corrected chi connectivity index (χ4v) is 4.44. The van der Waals surface area contributed by atoms with Crippen molar-refractivity contribution in [3.8, 4) is 0 Å². The third-order valence-electron chi connectivity index (χ3n) is 6.41. The summed E-state index contributed by atoms with van der Waals surface area (Å²) in [5.74, 6) is 0. The fourth-order valence-electron chi connectivity index (χ4n) is 4.44. The number of nitrogens with zero attached hydrogens (tertiary/aromatic N) is 2. The molecule has 0 bridgehead atoms.